The Hall–Kier alpha value is -2.92. The summed E-state index contributed by atoms with van der Waals surface area (Å²) < 4.78 is 43.8. The van der Waals surface area contributed by atoms with Crippen LogP contribution >= 0.6 is 0 Å². The lowest BCUT2D eigenvalue weighted by molar-refractivity contribution is -0.141. The SMILES string of the molecule is O=C(N1CC2(CC(c3nnc(C4CC4)[nH]3)C2)C1)N1CC2(CC[C@H](Oc3cnc(C(F)(F)F)cn3)C2)C1. The second-order valence-electron chi connectivity index (χ2n) is 11.7. The summed E-state index contributed by atoms with van der Waals surface area (Å²) in [7, 11) is 0. The maximum Gasteiger partial charge on any atom is 0.434 e. The zero-order valence-corrected chi connectivity index (χ0v) is 19.8. The summed E-state index contributed by atoms with van der Waals surface area (Å²) in [6, 6.07) is 0.114. The van der Waals surface area contributed by atoms with Crippen LogP contribution in [0.5, 0.6) is 5.88 Å². The number of amides is 2. The number of carbonyl (C=O) groups is 1. The molecule has 2 aromatic heterocycles. The van der Waals surface area contributed by atoms with Crippen molar-refractivity contribution >= 4 is 6.03 Å². The van der Waals surface area contributed by atoms with Crippen LogP contribution in [0.25, 0.3) is 0 Å². The molecular formula is C24H28F3N7O2. The molecule has 2 aromatic rings. The highest BCUT2D eigenvalue weighted by atomic mass is 19.4. The molecular weight excluding hydrogens is 475 g/mol. The van der Waals surface area contributed by atoms with Crippen LogP contribution in [0.4, 0.5) is 18.0 Å². The minimum Gasteiger partial charge on any atom is -0.473 e. The Balaban J connectivity index is 0.860. The molecule has 4 heterocycles. The van der Waals surface area contributed by atoms with Gasteiger partial charge in [-0.2, -0.15) is 13.2 Å². The predicted octanol–water partition coefficient (Wildman–Crippen LogP) is 3.72. The van der Waals surface area contributed by atoms with Gasteiger partial charge in [-0.3, -0.25) is 0 Å². The molecule has 5 aliphatic rings. The summed E-state index contributed by atoms with van der Waals surface area (Å²) in [5, 5.41) is 8.66. The van der Waals surface area contributed by atoms with Crippen molar-refractivity contribution in [2.45, 2.75) is 69.1 Å². The van der Waals surface area contributed by atoms with Gasteiger partial charge in [0, 0.05) is 48.8 Å². The summed E-state index contributed by atoms with van der Waals surface area (Å²) in [5.74, 6) is 3.17. The number of hydrogen-bond acceptors (Lipinski definition) is 6. The minimum absolute atomic E-state index is 0.0370. The lowest BCUT2D eigenvalue weighted by Crippen LogP contribution is -2.69. The van der Waals surface area contributed by atoms with E-state index < -0.39 is 11.9 Å². The number of likely N-dealkylation sites (tertiary alicyclic amines) is 2. The van der Waals surface area contributed by atoms with Gasteiger partial charge in [0.25, 0.3) is 0 Å². The van der Waals surface area contributed by atoms with Crippen LogP contribution in [0.2, 0.25) is 0 Å². The first-order chi connectivity index (χ1) is 17.2. The maximum atomic E-state index is 13.0. The molecule has 36 heavy (non-hydrogen) atoms. The number of hydrogen-bond donors (Lipinski definition) is 1. The molecule has 5 fully saturated rings. The summed E-state index contributed by atoms with van der Waals surface area (Å²) in [6.45, 7) is 3.04. The predicted molar refractivity (Wildman–Crippen MR) is 119 cm³/mol. The maximum absolute atomic E-state index is 13.0. The molecule has 1 N–H and O–H groups in total. The molecule has 12 heteroatoms. The van der Waals surface area contributed by atoms with Crippen LogP contribution in [0.1, 0.15) is 74.1 Å². The van der Waals surface area contributed by atoms with E-state index in [4.69, 9.17) is 4.74 Å². The average molecular weight is 504 g/mol. The molecule has 7 rings (SSSR count). The normalized spacial score (nSPS) is 26.6. The average Bonchev–Trinajstić information content (AvgIpc) is 3.34. The number of alkyl halides is 3. The number of nitrogens with one attached hydrogen (secondary N) is 1. The quantitative estimate of drug-likeness (QED) is 0.683. The van der Waals surface area contributed by atoms with Gasteiger partial charge in [-0.05, 0) is 44.9 Å². The Bertz CT molecular complexity index is 1160. The molecule has 192 valence electrons. The molecule has 2 saturated heterocycles. The molecule has 9 nitrogen and oxygen atoms in total. The second-order valence-corrected chi connectivity index (χ2v) is 11.7. The highest BCUT2D eigenvalue weighted by Crippen LogP contribution is 2.56. The van der Waals surface area contributed by atoms with E-state index in [9.17, 15) is 18.0 Å². The van der Waals surface area contributed by atoms with Crippen molar-refractivity contribution in [1.29, 1.82) is 0 Å². The van der Waals surface area contributed by atoms with E-state index in [0.29, 0.717) is 31.1 Å². The molecule has 2 spiro atoms. The zero-order chi connectivity index (χ0) is 24.7. The Morgan fingerprint density at radius 2 is 1.58 bits per heavy atom. The molecule has 0 aromatic carbocycles. The smallest absolute Gasteiger partial charge is 0.434 e. The molecule has 2 aliphatic heterocycles. The van der Waals surface area contributed by atoms with Crippen molar-refractivity contribution in [1.82, 2.24) is 34.9 Å². The molecule has 0 radical (unpaired) electrons. The Morgan fingerprint density at radius 1 is 0.917 bits per heavy atom. The van der Waals surface area contributed by atoms with Gasteiger partial charge >= 0.3 is 12.2 Å². The number of carbonyl (C=O) groups excluding carboxylic acids is 1. The third-order valence-electron chi connectivity index (χ3n) is 8.74. The minimum atomic E-state index is -4.52. The Kier molecular flexibility index (Phi) is 4.67. The number of urea groups is 1. The highest BCUT2D eigenvalue weighted by Gasteiger charge is 2.57. The van der Waals surface area contributed by atoms with Gasteiger partial charge in [0.15, 0.2) is 5.69 Å². The van der Waals surface area contributed by atoms with Gasteiger partial charge in [0.2, 0.25) is 5.88 Å². The van der Waals surface area contributed by atoms with Crippen molar-refractivity contribution in [3.05, 3.63) is 29.7 Å². The van der Waals surface area contributed by atoms with Crippen LogP contribution in [0.15, 0.2) is 12.4 Å². The third kappa shape index (κ3) is 3.80. The lowest BCUT2D eigenvalue weighted by Gasteiger charge is -2.60. The fraction of sp³-hybridized carbons (Fsp3) is 0.708. The number of H-pyrrole nitrogens is 1. The van der Waals surface area contributed by atoms with Crippen molar-refractivity contribution in [3.8, 4) is 5.88 Å². The van der Waals surface area contributed by atoms with Crippen LogP contribution in [-0.2, 0) is 6.18 Å². The number of aromatic nitrogens is 5. The second kappa shape index (κ2) is 7.55. The third-order valence-corrected chi connectivity index (χ3v) is 8.74. The number of aromatic amines is 1. The summed E-state index contributed by atoms with van der Waals surface area (Å²) in [5.41, 5.74) is -0.753. The largest absolute Gasteiger partial charge is 0.473 e. The number of ether oxygens (including phenoxy) is 1. The molecule has 3 saturated carbocycles. The van der Waals surface area contributed by atoms with E-state index in [1.807, 2.05) is 9.80 Å². The molecule has 1 atom stereocenters. The van der Waals surface area contributed by atoms with Crippen molar-refractivity contribution in [3.63, 3.8) is 0 Å². The van der Waals surface area contributed by atoms with Crippen LogP contribution < -0.4 is 4.74 Å². The molecule has 2 amide bonds. The van der Waals surface area contributed by atoms with Crippen molar-refractivity contribution < 1.29 is 22.7 Å². The Morgan fingerprint density at radius 3 is 2.19 bits per heavy atom. The van der Waals surface area contributed by atoms with E-state index in [2.05, 4.69) is 25.1 Å². The van der Waals surface area contributed by atoms with E-state index in [0.717, 1.165) is 63.0 Å². The number of halogens is 3. The molecule has 3 aliphatic carbocycles. The van der Waals surface area contributed by atoms with Crippen LogP contribution in [0, 0.1) is 10.8 Å². The first-order valence-electron chi connectivity index (χ1n) is 12.7. The summed E-state index contributed by atoms with van der Waals surface area (Å²) >= 11 is 0. The fourth-order valence-electron chi connectivity index (χ4n) is 6.68. The standard InChI is InChI=1S/C24H28F3N7O2/c25-24(26,27)17-8-29-18(9-28-17)36-16-3-4-22(7-16)10-33(11-22)21(35)34-12-23(13-34)5-15(6-23)20-30-19(31-32-20)14-1-2-14/h8-9,14-16H,1-7,10-13H2,(H,30,31,32)/t16-/m0/s1. The van der Waals surface area contributed by atoms with Gasteiger partial charge in [-0.15, -0.1) is 10.2 Å². The van der Waals surface area contributed by atoms with E-state index in [-0.39, 0.29) is 28.8 Å². The highest BCUT2D eigenvalue weighted by molar-refractivity contribution is 5.77. The monoisotopic (exact) mass is 503 g/mol. The summed E-state index contributed by atoms with van der Waals surface area (Å²) in [4.78, 5) is 27.4. The van der Waals surface area contributed by atoms with Gasteiger partial charge < -0.3 is 19.5 Å². The van der Waals surface area contributed by atoms with E-state index >= 15 is 0 Å². The Labute approximate surface area is 205 Å². The van der Waals surface area contributed by atoms with Gasteiger partial charge in [-0.1, -0.05) is 0 Å². The molecule has 0 unspecified atom stereocenters. The zero-order valence-electron chi connectivity index (χ0n) is 19.8. The number of rotatable bonds is 4. The molecule has 0 bridgehead atoms. The van der Waals surface area contributed by atoms with E-state index in [1.165, 1.54) is 12.8 Å². The summed E-state index contributed by atoms with van der Waals surface area (Å²) in [6.07, 6.45) is 4.13. The van der Waals surface area contributed by atoms with Gasteiger partial charge in [0.05, 0.1) is 12.4 Å². The van der Waals surface area contributed by atoms with Crippen molar-refractivity contribution in [2.75, 3.05) is 26.2 Å². The van der Waals surface area contributed by atoms with Gasteiger partial charge in [0.1, 0.15) is 17.8 Å². The fourth-order valence-corrected chi connectivity index (χ4v) is 6.68. The van der Waals surface area contributed by atoms with Gasteiger partial charge in [-0.25, -0.2) is 14.8 Å². The topological polar surface area (TPSA) is 100 Å². The van der Waals surface area contributed by atoms with Crippen molar-refractivity contribution in [2.24, 2.45) is 10.8 Å². The van der Waals surface area contributed by atoms with E-state index in [1.54, 1.807) is 0 Å². The number of nitrogens with zero attached hydrogens (tertiary/aromatic N) is 6. The first-order valence-corrected chi connectivity index (χ1v) is 12.7. The first kappa shape index (κ1) is 22.3. The van der Waals surface area contributed by atoms with Crippen LogP contribution in [-0.4, -0.2) is 73.3 Å². The lowest BCUT2D eigenvalue weighted by atomic mass is 9.57. The van der Waals surface area contributed by atoms with Crippen LogP contribution in [0.3, 0.4) is 0 Å².